The maximum absolute atomic E-state index is 12.3. The van der Waals surface area contributed by atoms with E-state index in [9.17, 15) is 14.4 Å². The zero-order chi connectivity index (χ0) is 14.9. The quantitative estimate of drug-likeness (QED) is 0.727. The van der Waals surface area contributed by atoms with Gasteiger partial charge >= 0.3 is 5.97 Å². The molecule has 6 heteroatoms. The van der Waals surface area contributed by atoms with Crippen molar-refractivity contribution in [3.05, 3.63) is 0 Å². The summed E-state index contributed by atoms with van der Waals surface area (Å²) in [5, 5.41) is 12.0. The van der Waals surface area contributed by atoms with Gasteiger partial charge in [-0.15, -0.1) is 0 Å². The second-order valence-electron chi connectivity index (χ2n) is 6.02. The molecule has 2 unspecified atom stereocenters. The Bertz CT molecular complexity index is 415. The van der Waals surface area contributed by atoms with Crippen molar-refractivity contribution in [3.63, 3.8) is 0 Å². The predicted octanol–water partition coefficient (Wildman–Crippen LogP) is 0.755. The molecule has 1 saturated carbocycles. The van der Waals surface area contributed by atoms with Crippen LogP contribution in [0.1, 0.15) is 46.0 Å². The van der Waals surface area contributed by atoms with E-state index in [0.29, 0.717) is 0 Å². The van der Waals surface area contributed by atoms with E-state index in [1.807, 2.05) is 0 Å². The smallest absolute Gasteiger partial charge is 0.320 e. The minimum Gasteiger partial charge on any atom is -0.480 e. The van der Waals surface area contributed by atoms with Gasteiger partial charge in [0, 0.05) is 6.04 Å². The highest BCUT2D eigenvalue weighted by Crippen LogP contribution is 2.28. The van der Waals surface area contributed by atoms with Crippen molar-refractivity contribution in [2.24, 2.45) is 5.92 Å². The molecule has 0 spiro atoms. The largest absolute Gasteiger partial charge is 0.480 e. The number of imide groups is 1. The van der Waals surface area contributed by atoms with Crippen LogP contribution in [0, 0.1) is 5.92 Å². The number of hydrogen-bond acceptors (Lipinski definition) is 4. The molecule has 6 nitrogen and oxygen atoms in total. The molecule has 1 heterocycles. The van der Waals surface area contributed by atoms with Crippen molar-refractivity contribution >= 4 is 17.8 Å². The summed E-state index contributed by atoms with van der Waals surface area (Å²) in [6.45, 7) is 3.56. The summed E-state index contributed by atoms with van der Waals surface area (Å²) in [6.07, 6.45) is 3.91. The Kier molecular flexibility index (Phi) is 4.42. The van der Waals surface area contributed by atoms with Crippen LogP contribution in [0.3, 0.4) is 0 Å². The van der Waals surface area contributed by atoms with E-state index in [4.69, 9.17) is 5.11 Å². The lowest BCUT2D eigenvalue weighted by atomic mass is 10.0. The number of likely N-dealkylation sites (tertiary alicyclic amines) is 1. The Labute approximate surface area is 118 Å². The molecule has 0 radical (unpaired) electrons. The van der Waals surface area contributed by atoms with E-state index in [1.54, 1.807) is 13.8 Å². The van der Waals surface area contributed by atoms with Crippen molar-refractivity contribution in [1.29, 1.82) is 0 Å². The molecule has 20 heavy (non-hydrogen) atoms. The van der Waals surface area contributed by atoms with Gasteiger partial charge in [-0.3, -0.25) is 24.6 Å². The first-order valence-electron chi connectivity index (χ1n) is 7.26. The van der Waals surface area contributed by atoms with Crippen LogP contribution >= 0.6 is 0 Å². The Morgan fingerprint density at radius 3 is 2.40 bits per heavy atom. The fourth-order valence-corrected chi connectivity index (χ4v) is 3.09. The second kappa shape index (κ2) is 5.91. The maximum Gasteiger partial charge on any atom is 0.320 e. The standard InChI is InChI=1S/C14H22N2O4/c1-8(2)12(14(19)20)15-10-7-11(17)16(13(10)18)9-5-3-4-6-9/h8-10,12,15H,3-7H2,1-2H3,(H,19,20). The summed E-state index contributed by atoms with van der Waals surface area (Å²) in [7, 11) is 0. The number of carbonyl (C=O) groups excluding carboxylic acids is 2. The number of carboxylic acids is 1. The van der Waals surface area contributed by atoms with Crippen LogP contribution in [0.15, 0.2) is 0 Å². The summed E-state index contributed by atoms with van der Waals surface area (Å²) in [4.78, 5) is 36.9. The Balaban J connectivity index is 2.05. The fourth-order valence-electron chi connectivity index (χ4n) is 3.09. The normalized spacial score (nSPS) is 25.8. The molecule has 2 aliphatic rings. The van der Waals surface area contributed by atoms with Crippen LogP contribution in [-0.2, 0) is 14.4 Å². The second-order valence-corrected chi connectivity index (χ2v) is 6.02. The summed E-state index contributed by atoms with van der Waals surface area (Å²) in [6, 6.07) is -1.48. The van der Waals surface area contributed by atoms with Crippen molar-refractivity contribution < 1.29 is 19.5 Å². The molecular formula is C14H22N2O4. The van der Waals surface area contributed by atoms with Crippen molar-refractivity contribution in [3.8, 4) is 0 Å². The van der Waals surface area contributed by atoms with Gasteiger partial charge in [0.25, 0.3) is 0 Å². The zero-order valence-electron chi connectivity index (χ0n) is 12.0. The highest BCUT2D eigenvalue weighted by Gasteiger charge is 2.44. The lowest BCUT2D eigenvalue weighted by Gasteiger charge is -2.24. The molecule has 2 fully saturated rings. The number of hydrogen-bond donors (Lipinski definition) is 2. The maximum atomic E-state index is 12.3. The molecule has 1 saturated heterocycles. The van der Waals surface area contributed by atoms with Crippen molar-refractivity contribution in [1.82, 2.24) is 10.2 Å². The van der Waals surface area contributed by atoms with Gasteiger partial charge in [-0.2, -0.15) is 0 Å². The number of amides is 2. The third-order valence-electron chi connectivity index (χ3n) is 4.19. The number of nitrogens with one attached hydrogen (secondary N) is 1. The van der Waals surface area contributed by atoms with Gasteiger partial charge in [-0.25, -0.2) is 0 Å². The van der Waals surface area contributed by atoms with Gasteiger partial charge in [0.05, 0.1) is 12.5 Å². The van der Waals surface area contributed by atoms with Crippen LogP contribution in [0.5, 0.6) is 0 Å². The summed E-state index contributed by atoms with van der Waals surface area (Å²) in [5.74, 6) is -1.56. The molecule has 0 aromatic carbocycles. The van der Waals surface area contributed by atoms with Gasteiger partial charge < -0.3 is 5.11 Å². The monoisotopic (exact) mass is 282 g/mol. The molecule has 2 rings (SSSR count). The van der Waals surface area contributed by atoms with E-state index >= 15 is 0 Å². The van der Waals surface area contributed by atoms with E-state index < -0.39 is 18.1 Å². The summed E-state index contributed by atoms with van der Waals surface area (Å²) in [5.41, 5.74) is 0. The average molecular weight is 282 g/mol. The van der Waals surface area contributed by atoms with Gasteiger partial charge in [-0.05, 0) is 18.8 Å². The van der Waals surface area contributed by atoms with E-state index in [-0.39, 0.29) is 30.2 Å². The number of carbonyl (C=O) groups is 3. The molecule has 2 atom stereocenters. The number of aliphatic carboxylic acids is 1. The molecular weight excluding hydrogens is 260 g/mol. The third-order valence-corrected chi connectivity index (χ3v) is 4.19. The average Bonchev–Trinajstić information content (AvgIpc) is 2.94. The van der Waals surface area contributed by atoms with E-state index in [2.05, 4.69) is 5.32 Å². The topological polar surface area (TPSA) is 86.7 Å². The molecule has 2 amide bonds. The first-order valence-corrected chi connectivity index (χ1v) is 7.26. The third kappa shape index (κ3) is 2.85. The van der Waals surface area contributed by atoms with E-state index in [1.165, 1.54) is 4.90 Å². The van der Waals surface area contributed by atoms with Crippen molar-refractivity contribution in [2.75, 3.05) is 0 Å². The Morgan fingerprint density at radius 1 is 1.30 bits per heavy atom. The lowest BCUT2D eigenvalue weighted by molar-refractivity contribution is -0.142. The fraction of sp³-hybridized carbons (Fsp3) is 0.786. The molecule has 112 valence electrons. The van der Waals surface area contributed by atoms with Gasteiger partial charge in [0.2, 0.25) is 11.8 Å². The molecule has 0 aromatic heterocycles. The summed E-state index contributed by atoms with van der Waals surface area (Å²) < 4.78 is 0. The highest BCUT2D eigenvalue weighted by molar-refractivity contribution is 6.06. The predicted molar refractivity (Wildman–Crippen MR) is 71.9 cm³/mol. The van der Waals surface area contributed by atoms with Crippen LogP contribution in [0.4, 0.5) is 0 Å². The number of nitrogens with zero attached hydrogens (tertiary/aromatic N) is 1. The van der Waals surface area contributed by atoms with Gasteiger partial charge in [-0.1, -0.05) is 26.7 Å². The minimum atomic E-state index is -0.987. The molecule has 1 aliphatic heterocycles. The zero-order valence-corrected chi connectivity index (χ0v) is 12.0. The molecule has 0 aromatic rings. The first-order chi connectivity index (χ1) is 9.41. The van der Waals surface area contributed by atoms with Gasteiger partial charge in [0.15, 0.2) is 0 Å². The Morgan fingerprint density at radius 2 is 1.90 bits per heavy atom. The molecule has 2 N–H and O–H groups in total. The molecule has 1 aliphatic carbocycles. The summed E-state index contributed by atoms with van der Waals surface area (Å²) >= 11 is 0. The molecule has 0 bridgehead atoms. The van der Waals surface area contributed by atoms with Gasteiger partial charge in [0.1, 0.15) is 6.04 Å². The van der Waals surface area contributed by atoms with Crippen molar-refractivity contribution in [2.45, 2.75) is 64.1 Å². The minimum absolute atomic E-state index is 0.0177. The SMILES string of the molecule is CC(C)C(NC1CC(=O)N(C2CCCC2)C1=O)C(=O)O. The van der Waals surface area contributed by atoms with Crippen LogP contribution in [0.2, 0.25) is 0 Å². The number of rotatable bonds is 5. The first kappa shape index (κ1) is 15.0. The van der Waals surface area contributed by atoms with Crippen LogP contribution < -0.4 is 5.32 Å². The van der Waals surface area contributed by atoms with E-state index in [0.717, 1.165) is 25.7 Å². The van der Waals surface area contributed by atoms with Crippen LogP contribution in [-0.4, -0.2) is 45.9 Å². The lowest BCUT2D eigenvalue weighted by Crippen LogP contribution is -2.50. The van der Waals surface area contributed by atoms with Crippen LogP contribution in [0.25, 0.3) is 0 Å². The highest BCUT2D eigenvalue weighted by atomic mass is 16.4. The number of carboxylic acid groups (broad SMARTS) is 1. The Hall–Kier alpha value is -1.43.